The largest absolute Gasteiger partial charge is 0.480 e. The number of carboxylic acid groups (broad SMARTS) is 1. The van der Waals surface area contributed by atoms with Crippen molar-refractivity contribution in [2.45, 2.75) is 0 Å². The van der Waals surface area contributed by atoms with Crippen LogP contribution in [-0.4, -0.2) is 34.4 Å². The molecule has 0 fully saturated rings. The van der Waals surface area contributed by atoms with Crippen molar-refractivity contribution in [1.29, 1.82) is 5.41 Å². The highest BCUT2D eigenvalue weighted by Gasteiger charge is 2.20. The first-order chi connectivity index (χ1) is 7.52. The molecule has 0 aliphatic carbocycles. The summed E-state index contributed by atoms with van der Waals surface area (Å²) in [5, 5.41) is 15.7. The molecule has 0 saturated heterocycles. The Bertz CT molecular complexity index is 417. The van der Waals surface area contributed by atoms with E-state index in [-0.39, 0.29) is 0 Å². The van der Waals surface area contributed by atoms with E-state index < -0.39 is 24.4 Å². The van der Waals surface area contributed by atoms with E-state index in [0.29, 0.717) is 10.5 Å². The number of rotatable bonds is 3. The monoisotopic (exact) mass is 221 g/mol. The van der Waals surface area contributed by atoms with E-state index in [1.54, 1.807) is 18.2 Å². The van der Waals surface area contributed by atoms with Crippen molar-refractivity contribution in [1.82, 2.24) is 4.90 Å². The number of carboxylic acids is 1. The van der Waals surface area contributed by atoms with Crippen LogP contribution in [0.4, 0.5) is 0 Å². The van der Waals surface area contributed by atoms with Gasteiger partial charge < -0.3 is 10.8 Å². The van der Waals surface area contributed by atoms with Crippen LogP contribution in [-0.2, 0) is 4.79 Å². The van der Waals surface area contributed by atoms with Gasteiger partial charge in [0.1, 0.15) is 6.54 Å². The first-order valence-corrected chi connectivity index (χ1v) is 4.45. The molecule has 84 valence electrons. The van der Waals surface area contributed by atoms with Gasteiger partial charge in [0.25, 0.3) is 5.91 Å². The van der Waals surface area contributed by atoms with Crippen LogP contribution in [0, 0.1) is 5.41 Å². The first kappa shape index (κ1) is 11.7. The van der Waals surface area contributed by atoms with Gasteiger partial charge in [-0.05, 0) is 12.1 Å². The normalized spacial score (nSPS) is 9.50. The Hall–Kier alpha value is -2.37. The zero-order chi connectivity index (χ0) is 12.1. The van der Waals surface area contributed by atoms with E-state index in [0.717, 1.165) is 0 Å². The lowest BCUT2D eigenvalue weighted by Gasteiger charge is -2.18. The number of nitrogens with one attached hydrogen (secondary N) is 1. The number of nitrogens with two attached hydrogens (primary N) is 1. The summed E-state index contributed by atoms with van der Waals surface area (Å²) in [5.41, 5.74) is 5.44. The lowest BCUT2D eigenvalue weighted by molar-refractivity contribution is -0.137. The molecule has 1 rings (SSSR count). The third kappa shape index (κ3) is 2.81. The van der Waals surface area contributed by atoms with Crippen LogP contribution in [0.15, 0.2) is 30.3 Å². The molecule has 0 spiro atoms. The van der Waals surface area contributed by atoms with Crippen LogP contribution in [0.25, 0.3) is 0 Å². The average molecular weight is 221 g/mol. The van der Waals surface area contributed by atoms with Crippen molar-refractivity contribution in [2.24, 2.45) is 5.73 Å². The molecule has 1 amide bonds. The highest BCUT2D eigenvalue weighted by Crippen LogP contribution is 2.03. The van der Waals surface area contributed by atoms with E-state index >= 15 is 0 Å². The molecule has 0 unspecified atom stereocenters. The van der Waals surface area contributed by atoms with Crippen LogP contribution < -0.4 is 5.73 Å². The van der Waals surface area contributed by atoms with E-state index in [1.165, 1.54) is 12.1 Å². The lowest BCUT2D eigenvalue weighted by atomic mass is 10.2. The predicted octanol–water partition coefficient (Wildman–Crippen LogP) is 0.107. The van der Waals surface area contributed by atoms with Gasteiger partial charge >= 0.3 is 5.97 Å². The van der Waals surface area contributed by atoms with Gasteiger partial charge in [-0.1, -0.05) is 18.2 Å². The van der Waals surface area contributed by atoms with Crippen molar-refractivity contribution < 1.29 is 14.7 Å². The predicted molar refractivity (Wildman–Crippen MR) is 57.0 cm³/mol. The second-order valence-corrected chi connectivity index (χ2v) is 3.04. The summed E-state index contributed by atoms with van der Waals surface area (Å²) in [4.78, 5) is 23.0. The van der Waals surface area contributed by atoms with Crippen molar-refractivity contribution in [3.8, 4) is 0 Å². The first-order valence-electron chi connectivity index (χ1n) is 4.45. The maximum Gasteiger partial charge on any atom is 0.323 e. The van der Waals surface area contributed by atoms with Crippen LogP contribution in [0.3, 0.4) is 0 Å². The molecule has 1 aromatic rings. The molecule has 0 atom stereocenters. The Labute approximate surface area is 91.8 Å². The highest BCUT2D eigenvalue weighted by molar-refractivity contribution is 6.06. The molecule has 0 bridgehead atoms. The van der Waals surface area contributed by atoms with Gasteiger partial charge in [0.2, 0.25) is 0 Å². The van der Waals surface area contributed by atoms with E-state index in [9.17, 15) is 9.59 Å². The average Bonchev–Trinajstić information content (AvgIpc) is 2.25. The summed E-state index contributed by atoms with van der Waals surface area (Å²) in [6, 6.07) is 8.07. The fraction of sp³-hybridized carbons (Fsp3) is 0.100. The van der Waals surface area contributed by atoms with Gasteiger partial charge in [0, 0.05) is 5.56 Å². The van der Waals surface area contributed by atoms with Gasteiger partial charge in [-0.15, -0.1) is 0 Å². The highest BCUT2D eigenvalue weighted by atomic mass is 16.4. The van der Waals surface area contributed by atoms with Crippen molar-refractivity contribution in [3.05, 3.63) is 35.9 Å². The van der Waals surface area contributed by atoms with E-state index in [1.807, 2.05) is 0 Å². The standard InChI is InChI=1S/C10H11N3O3/c11-10(12)13(6-8(14)15)9(16)7-4-2-1-3-5-7/h1-5H,6H2,(H3,11,12)(H,14,15). The minimum absolute atomic E-state index is 0.291. The molecule has 0 saturated carbocycles. The third-order valence-corrected chi connectivity index (χ3v) is 1.85. The van der Waals surface area contributed by atoms with Gasteiger partial charge in [-0.2, -0.15) is 0 Å². The van der Waals surface area contributed by atoms with Gasteiger partial charge in [-0.25, -0.2) is 0 Å². The Morgan fingerprint density at radius 1 is 1.31 bits per heavy atom. The molecule has 0 aliphatic rings. The summed E-state index contributed by atoms with van der Waals surface area (Å²) < 4.78 is 0. The number of hydrogen-bond acceptors (Lipinski definition) is 3. The van der Waals surface area contributed by atoms with Crippen LogP contribution in [0.1, 0.15) is 10.4 Å². The second kappa shape index (κ2) is 4.92. The van der Waals surface area contributed by atoms with Gasteiger partial charge in [-0.3, -0.25) is 19.9 Å². The fourth-order valence-corrected chi connectivity index (χ4v) is 1.14. The summed E-state index contributed by atoms with van der Waals surface area (Å²) in [7, 11) is 0. The van der Waals surface area contributed by atoms with E-state index in [4.69, 9.17) is 16.2 Å². The number of nitrogens with zero attached hydrogens (tertiary/aromatic N) is 1. The van der Waals surface area contributed by atoms with Crippen molar-refractivity contribution >= 4 is 17.8 Å². The molecule has 0 radical (unpaired) electrons. The SMILES string of the molecule is N=C(N)N(CC(=O)O)C(=O)c1ccccc1. The Kier molecular flexibility index (Phi) is 3.60. The fourth-order valence-electron chi connectivity index (χ4n) is 1.14. The molecule has 0 aromatic heterocycles. The summed E-state index contributed by atoms with van der Waals surface area (Å²) >= 11 is 0. The molecule has 0 aliphatic heterocycles. The minimum atomic E-state index is -1.22. The number of amides is 1. The lowest BCUT2D eigenvalue weighted by Crippen LogP contribution is -2.44. The van der Waals surface area contributed by atoms with Gasteiger partial charge in [0.15, 0.2) is 5.96 Å². The Morgan fingerprint density at radius 2 is 1.88 bits per heavy atom. The summed E-state index contributed by atoms with van der Waals surface area (Å²) in [6.07, 6.45) is 0. The molecule has 6 heteroatoms. The van der Waals surface area contributed by atoms with E-state index in [2.05, 4.69) is 0 Å². The molecule has 0 heterocycles. The topological polar surface area (TPSA) is 107 Å². The summed E-state index contributed by atoms with van der Waals surface area (Å²) in [6.45, 7) is -0.622. The van der Waals surface area contributed by atoms with Gasteiger partial charge in [0.05, 0.1) is 0 Å². The Balaban J connectivity index is 2.92. The number of guanidine groups is 1. The third-order valence-electron chi connectivity index (χ3n) is 1.85. The number of aliphatic carboxylic acids is 1. The van der Waals surface area contributed by atoms with Crippen LogP contribution >= 0.6 is 0 Å². The molecule has 6 nitrogen and oxygen atoms in total. The van der Waals surface area contributed by atoms with Crippen LogP contribution in [0.5, 0.6) is 0 Å². The Morgan fingerprint density at radius 3 is 2.31 bits per heavy atom. The maximum atomic E-state index is 11.8. The second-order valence-electron chi connectivity index (χ2n) is 3.04. The number of carbonyl (C=O) groups is 2. The smallest absolute Gasteiger partial charge is 0.323 e. The number of hydrogen-bond donors (Lipinski definition) is 3. The molecule has 4 N–H and O–H groups in total. The number of carbonyl (C=O) groups excluding carboxylic acids is 1. The minimum Gasteiger partial charge on any atom is -0.480 e. The molecular weight excluding hydrogens is 210 g/mol. The summed E-state index contributed by atoms with van der Waals surface area (Å²) in [5.74, 6) is -2.41. The molecular formula is C10H11N3O3. The van der Waals surface area contributed by atoms with Crippen molar-refractivity contribution in [3.63, 3.8) is 0 Å². The zero-order valence-corrected chi connectivity index (χ0v) is 8.38. The molecule has 16 heavy (non-hydrogen) atoms. The van der Waals surface area contributed by atoms with Crippen LogP contribution in [0.2, 0.25) is 0 Å². The van der Waals surface area contributed by atoms with Crippen molar-refractivity contribution in [2.75, 3.05) is 6.54 Å². The molecule has 1 aromatic carbocycles. The number of benzene rings is 1. The maximum absolute atomic E-state index is 11.8. The quantitative estimate of drug-likeness (QED) is 0.497. The zero-order valence-electron chi connectivity index (χ0n) is 8.38.